The Morgan fingerprint density at radius 2 is 1.28 bits per heavy atom. The Kier molecular flexibility index (Phi) is 6.92. The van der Waals surface area contributed by atoms with Crippen molar-refractivity contribution in [1.82, 2.24) is 0 Å². The van der Waals surface area contributed by atoms with Crippen LogP contribution in [-0.2, 0) is 0 Å². The van der Waals surface area contributed by atoms with E-state index < -0.39 is 11.9 Å². The van der Waals surface area contributed by atoms with Crippen LogP contribution in [0.2, 0.25) is 0 Å². The number of nitrogens with one attached hydrogen (secondary N) is 1. The van der Waals surface area contributed by atoms with Crippen LogP contribution >= 0.6 is 79.6 Å². The lowest BCUT2D eigenvalue weighted by Crippen LogP contribution is -2.19. The van der Waals surface area contributed by atoms with Gasteiger partial charge >= 0.3 is 5.97 Å². The maximum atomic E-state index is 12.9. The second kappa shape index (κ2) is 8.21. The minimum atomic E-state index is -1.21. The van der Waals surface area contributed by atoms with E-state index in [-0.39, 0.29) is 15.6 Å². The van der Waals surface area contributed by atoms with Gasteiger partial charge < -0.3 is 10.4 Å². The molecule has 2 aromatic carbocycles. The molecule has 4 nitrogen and oxygen atoms in total. The predicted octanol–water partition coefficient (Wildman–Crippen LogP) is 7.07. The van der Waals surface area contributed by atoms with Crippen molar-refractivity contribution >= 4 is 97.2 Å². The van der Waals surface area contributed by atoms with Crippen LogP contribution in [0, 0.1) is 13.8 Å². The lowest BCUT2D eigenvalue weighted by Gasteiger charge is -2.17. The van der Waals surface area contributed by atoms with Crippen LogP contribution in [0.4, 0.5) is 5.69 Å². The number of benzene rings is 2. The zero-order valence-electron chi connectivity index (χ0n) is 12.8. The molecule has 0 bridgehead atoms. The Morgan fingerprint density at radius 1 is 0.840 bits per heavy atom. The van der Waals surface area contributed by atoms with E-state index in [1.165, 1.54) is 0 Å². The van der Waals surface area contributed by atoms with E-state index in [0.717, 1.165) is 15.6 Å². The smallest absolute Gasteiger partial charge is 0.337 e. The number of aryl methyl sites for hydroxylation is 2. The topological polar surface area (TPSA) is 66.4 Å². The van der Waals surface area contributed by atoms with Crippen LogP contribution in [0.25, 0.3) is 0 Å². The molecule has 0 heterocycles. The molecule has 0 saturated carbocycles. The SMILES string of the molecule is Cc1cc(Br)cc(C)c1NC(=O)c1c(Br)c(Br)c(Br)c(Br)c1C(=O)O. The van der Waals surface area contributed by atoms with Gasteiger partial charge in [0.1, 0.15) is 0 Å². The van der Waals surface area contributed by atoms with Crippen molar-refractivity contribution in [2.45, 2.75) is 13.8 Å². The fraction of sp³-hybridized carbons (Fsp3) is 0.125. The minimum Gasteiger partial charge on any atom is -0.478 e. The van der Waals surface area contributed by atoms with Crippen LogP contribution < -0.4 is 5.32 Å². The molecule has 9 heteroatoms. The summed E-state index contributed by atoms with van der Waals surface area (Å²) in [6, 6.07) is 3.76. The number of carboxylic acids is 1. The third-order valence-corrected chi connectivity index (χ3v) is 8.67. The molecule has 0 aromatic heterocycles. The molecule has 2 aromatic rings. The zero-order chi connectivity index (χ0) is 19.0. The maximum absolute atomic E-state index is 12.9. The van der Waals surface area contributed by atoms with Gasteiger partial charge in [-0.25, -0.2) is 4.79 Å². The van der Waals surface area contributed by atoms with Crippen molar-refractivity contribution in [2.24, 2.45) is 0 Å². The zero-order valence-corrected chi connectivity index (χ0v) is 20.7. The molecule has 0 aliphatic rings. The Morgan fingerprint density at radius 3 is 1.72 bits per heavy atom. The van der Waals surface area contributed by atoms with Crippen molar-refractivity contribution in [2.75, 3.05) is 5.32 Å². The molecule has 0 radical (unpaired) electrons. The molecule has 25 heavy (non-hydrogen) atoms. The van der Waals surface area contributed by atoms with Gasteiger partial charge in [0, 0.05) is 28.1 Å². The van der Waals surface area contributed by atoms with Gasteiger partial charge in [0.05, 0.1) is 11.1 Å². The summed E-state index contributed by atoms with van der Waals surface area (Å²) in [4.78, 5) is 24.6. The number of hydrogen-bond acceptors (Lipinski definition) is 2. The molecule has 2 N–H and O–H groups in total. The summed E-state index contributed by atoms with van der Waals surface area (Å²) in [5, 5.41) is 12.4. The van der Waals surface area contributed by atoms with E-state index in [4.69, 9.17) is 0 Å². The lowest BCUT2D eigenvalue weighted by atomic mass is 10.1. The normalized spacial score (nSPS) is 10.7. The summed E-state index contributed by atoms with van der Waals surface area (Å²) in [5.74, 6) is -1.73. The highest BCUT2D eigenvalue weighted by Crippen LogP contribution is 2.42. The van der Waals surface area contributed by atoms with Crippen molar-refractivity contribution in [1.29, 1.82) is 0 Å². The molecule has 2 rings (SSSR count). The monoisotopic (exact) mass is 659 g/mol. The number of carbonyl (C=O) groups excluding carboxylic acids is 1. The number of carbonyl (C=O) groups is 2. The first kappa shape index (κ1) is 21.1. The summed E-state index contributed by atoms with van der Waals surface area (Å²) >= 11 is 16.6. The summed E-state index contributed by atoms with van der Waals surface area (Å²) in [5.41, 5.74) is 2.27. The molecule has 0 unspecified atom stereocenters. The second-order valence-electron chi connectivity index (χ2n) is 5.18. The van der Waals surface area contributed by atoms with Crippen LogP contribution in [-0.4, -0.2) is 17.0 Å². The molecule has 1 amide bonds. The largest absolute Gasteiger partial charge is 0.478 e. The Balaban J connectivity index is 2.63. The van der Waals surface area contributed by atoms with Crippen molar-refractivity contribution < 1.29 is 14.7 Å². The Bertz CT molecular complexity index is 888. The molecular weight excluding hydrogens is 654 g/mol. The fourth-order valence-corrected chi connectivity index (χ4v) is 5.48. The molecule has 0 fully saturated rings. The minimum absolute atomic E-state index is 0.0242. The quantitative estimate of drug-likeness (QED) is 0.273. The summed E-state index contributed by atoms with van der Waals surface area (Å²) in [6.45, 7) is 3.74. The number of aromatic carboxylic acids is 1. The van der Waals surface area contributed by atoms with Gasteiger partial charge in [-0.2, -0.15) is 0 Å². The average molecular weight is 664 g/mol. The van der Waals surface area contributed by atoms with Gasteiger partial charge in [-0.05, 0) is 101 Å². The van der Waals surface area contributed by atoms with E-state index in [1.54, 1.807) is 0 Å². The van der Waals surface area contributed by atoms with Crippen LogP contribution in [0.15, 0.2) is 34.5 Å². The van der Waals surface area contributed by atoms with E-state index in [2.05, 4.69) is 85.0 Å². The number of halogens is 5. The molecule has 0 aliphatic carbocycles. The van der Waals surface area contributed by atoms with Crippen LogP contribution in [0.1, 0.15) is 31.8 Å². The number of hydrogen-bond donors (Lipinski definition) is 2. The molecule has 0 saturated heterocycles. The van der Waals surface area contributed by atoms with Gasteiger partial charge in [-0.3, -0.25) is 4.79 Å². The standard InChI is InChI=1S/C16H10Br5NO3/c1-5-3-7(17)4-6(2)14(5)22-15(23)8-9(16(24)25)11(19)13(21)12(20)10(8)18/h3-4H,1-2H3,(H,22,23)(H,24,25). The molecular formula is C16H10Br5NO3. The highest BCUT2D eigenvalue weighted by molar-refractivity contribution is 9.15. The van der Waals surface area contributed by atoms with Gasteiger partial charge in [-0.1, -0.05) is 15.9 Å². The third-order valence-electron chi connectivity index (χ3n) is 3.44. The third kappa shape index (κ3) is 4.21. The van der Waals surface area contributed by atoms with E-state index >= 15 is 0 Å². The highest BCUT2D eigenvalue weighted by atomic mass is 79.9. The van der Waals surface area contributed by atoms with Crippen molar-refractivity contribution in [3.8, 4) is 0 Å². The van der Waals surface area contributed by atoms with E-state index in [1.807, 2.05) is 26.0 Å². The molecule has 0 atom stereocenters. The van der Waals surface area contributed by atoms with Crippen LogP contribution in [0.3, 0.4) is 0 Å². The first-order chi connectivity index (χ1) is 11.6. The van der Waals surface area contributed by atoms with Gasteiger partial charge in [0.25, 0.3) is 5.91 Å². The Hall–Kier alpha value is -0.220. The summed E-state index contributed by atoms with van der Waals surface area (Å²) in [6.07, 6.45) is 0. The van der Waals surface area contributed by atoms with E-state index in [0.29, 0.717) is 19.1 Å². The lowest BCUT2D eigenvalue weighted by molar-refractivity contribution is 0.0691. The van der Waals surface area contributed by atoms with Crippen LogP contribution in [0.5, 0.6) is 0 Å². The van der Waals surface area contributed by atoms with Gasteiger partial charge in [0.2, 0.25) is 0 Å². The summed E-state index contributed by atoms with van der Waals surface area (Å²) in [7, 11) is 0. The maximum Gasteiger partial charge on any atom is 0.337 e. The number of anilines is 1. The second-order valence-corrected chi connectivity index (χ2v) is 9.27. The number of rotatable bonds is 3. The first-order valence-corrected chi connectivity index (χ1v) is 10.7. The predicted molar refractivity (Wildman–Crippen MR) is 116 cm³/mol. The average Bonchev–Trinajstić information content (AvgIpc) is 2.51. The summed E-state index contributed by atoms with van der Waals surface area (Å²) < 4.78 is 2.58. The van der Waals surface area contributed by atoms with Crippen molar-refractivity contribution in [3.63, 3.8) is 0 Å². The highest BCUT2D eigenvalue weighted by Gasteiger charge is 2.28. The van der Waals surface area contributed by atoms with Gasteiger partial charge in [0.15, 0.2) is 0 Å². The van der Waals surface area contributed by atoms with Gasteiger partial charge in [-0.15, -0.1) is 0 Å². The molecule has 0 aliphatic heterocycles. The number of carboxylic acid groups (broad SMARTS) is 1. The van der Waals surface area contributed by atoms with E-state index in [9.17, 15) is 14.7 Å². The number of amides is 1. The Labute approximate surface area is 186 Å². The van der Waals surface area contributed by atoms with Crippen molar-refractivity contribution in [3.05, 3.63) is 56.8 Å². The molecule has 0 spiro atoms. The first-order valence-electron chi connectivity index (χ1n) is 6.73. The fourth-order valence-electron chi connectivity index (χ4n) is 2.33. The molecule has 132 valence electrons.